The maximum Gasteiger partial charge on any atom is 0.313 e. The first-order chi connectivity index (χ1) is 17.3. The number of hydrogen-bond acceptors (Lipinski definition) is 8. The highest BCUT2D eigenvalue weighted by Crippen LogP contribution is 2.49. The molecule has 192 valence electrons. The number of rotatable bonds is 10. The van der Waals surface area contributed by atoms with E-state index in [-0.39, 0.29) is 25.5 Å². The van der Waals surface area contributed by atoms with Crippen LogP contribution in [0.3, 0.4) is 0 Å². The van der Waals surface area contributed by atoms with Gasteiger partial charge in [-0.05, 0) is 36.8 Å². The van der Waals surface area contributed by atoms with Gasteiger partial charge in [-0.1, -0.05) is 23.7 Å². The van der Waals surface area contributed by atoms with Gasteiger partial charge in [0.2, 0.25) is 11.8 Å². The van der Waals surface area contributed by atoms with Gasteiger partial charge < -0.3 is 24.8 Å². The van der Waals surface area contributed by atoms with Gasteiger partial charge in [0.25, 0.3) is 0 Å². The minimum absolute atomic E-state index is 0.166. The van der Waals surface area contributed by atoms with Crippen LogP contribution in [0, 0.1) is 0 Å². The van der Waals surface area contributed by atoms with E-state index >= 15 is 0 Å². The summed E-state index contributed by atoms with van der Waals surface area (Å²) in [7, 11) is 3.07. The van der Waals surface area contributed by atoms with Crippen molar-refractivity contribution in [1.29, 1.82) is 0 Å². The third-order valence-corrected chi connectivity index (χ3v) is 7.09. The van der Waals surface area contributed by atoms with Gasteiger partial charge in [0.15, 0.2) is 17.3 Å². The van der Waals surface area contributed by atoms with Gasteiger partial charge in [-0.3, -0.25) is 19.2 Å². The molecule has 9 nitrogen and oxygen atoms in total. The average molecular weight is 535 g/mol. The molecule has 0 saturated carbocycles. The number of thioether (sulfide) groups is 1. The molecule has 2 unspecified atom stereocenters. The predicted molar refractivity (Wildman–Crippen MR) is 137 cm³/mol. The first kappa shape index (κ1) is 27.3. The SMILES string of the molecule is CCOC(=O)CC(=O)CNC(=O)CC1SC(c2cccc(OC)c2OC)c2cc(Cl)ccc2NC1=O. The molecule has 2 atom stereocenters. The van der Waals surface area contributed by atoms with Crippen LogP contribution in [0.25, 0.3) is 0 Å². The third-order valence-electron chi connectivity index (χ3n) is 5.36. The second kappa shape index (κ2) is 12.6. The second-order valence-electron chi connectivity index (χ2n) is 7.81. The first-order valence-electron chi connectivity index (χ1n) is 11.2. The van der Waals surface area contributed by atoms with Crippen LogP contribution in [0.15, 0.2) is 36.4 Å². The van der Waals surface area contributed by atoms with Crippen molar-refractivity contribution >= 4 is 52.6 Å². The Balaban J connectivity index is 1.84. The molecule has 0 bridgehead atoms. The number of halogens is 1. The highest BCUT2D eigenvalue weighted by atomic mass is 35.5. The van der Waals surface area contributed by atoms with E-state index in [1.165, 1.54) is 26.0 Å². The molecule has 1 aliphatic heterocycles. The number of carbonyl (C=O) groups excluding carboxylic acids is 4. The summed E-state index contributed by atoms with van der Waals surface area (Å²) in [6, 6.07) is 10.6. The Bertz CT molecular complexity index is 1160. The molecule has 11 heteroatoms. The molecule has 0 aliphatic carbocycles. The molecule has 0 spiro atoms. The number of fused-ring (bicyclic) bond motifs is 1. The van der Waals surface area contributed by atoms with Crippen molar-refractivity contribution in [3.8, 4) is 11.5 Å². The zero-order valence-corrected chi connectivity index (χ0v) is 21.7. The normalized spacial score (nSPS) is 16.7. The lowest BCUT2D eigenvalue weighted by atomic mass is 10.0. The summed E-state index contributed by atoms with van der Waals surface area (Å²) in [5.74, 6) is -0.966. The van der Waals surface area contributed by atoms with Crippen molar-refractivity contribution < 1.29 is 33.4 Å². The molecule has 1 aliphatic rings. The largest absolute Gasteiger partial charge is 0.493 e. The van der Waals surface area contributed by atoms with Crippen LogP contribution in [-0.2, 0) is 23.9 Å². The molecule has 2 N–H and O–H groups in total. The lowest BCUT2D eigenvalue weighted by molar-refractivity contribution is -0.145. The highest BCUT2D eigenvalue weighted by molar-refractivity contribution is 8.01. The Labute approximate surface area is 218 Å². The lowest BCUT2D eigenvalue weighted by Crippen LogP contribution is -2.35. The van der Waals surface area contributed by atoms with E-state index in [0.29, 0.717) is 22.2 Å². The third kappa shape index (κ3) is 6.70. The van der Waals surface area contributed by atoms with Crippen molar-refractivity contribution in [3.05, 3.63) is 52.5 Å². The molecule has 2 amide bonds. The Kier molecular flexibility index (Phi) is 9.60. The van der Waals surface area contributed by atoms with Crippen LogP contribution in [0.5, 0.6) is 11.5 Å². The van der Waals surface area contributed by atoms with E-state index < -0.39 is 34.6 Å². The van der Waals surface area contributed by atoms with Crippen LogP contribution >= 0.6 is 23.4 Å². The van der Waals surface area contributed by atoms with Crippen molar-refractivity contribution in [1.82, 2.24) is 5.32 Å². The first-order valence-corrected chi connectivity index (χ1v) is 12.5. The Hall–Kier alpha value is -3.24. The number of hydrogen-bond donors (Lipinski definition) is 2. The van der Waals surface area contributed by atoms with Crippen molar-refractivity contribution in [3.63, 3.8) is 0 Å². The van der Waals surface area contributed by atoms with E-state index in [2.05, 4.69) is 10.6 Å². The second-order valence-corrected chi connectivity index (χ2v) is 9.56. The standard InChI is InChI=1S/C25H27ClN2O7S/c1-4-35-22(31)11-15(29)13-27-21(30)12-20-25(32)28-18-9-8-14(26)10-17(18)24(36-20)16-6-5-7-19(33-2)23(16)34-3/h5-10,20,24H,4,11-13H2,1-3H3,(H,27,30)(H,28,32). The summed E-state index contributed by atoms with van der Waals surface area (Å²) in [6.07, 6.45) is -0.617. The predicted octanol–water partition coefficient (Wildman–Crippen LogP) is 3.53. The minimum Gasteiger partial charge on any atom is -0.493 e. The number of ether oxygens (including phenoxy) is 3. The van der Waals surface area contributed by atoms with Gasteiger partial charge in [-0.15, -0.1) is 11.8 Å². The summed E-state index contributed by atoms with van der Waals surface area (Å²) in [5.41, 5.74) is 2.07. The Morgan fingerprint density at radius 2 is 1.89 bits per heavy atom. The molecule has 0 radical (unpaired) electrons. The quantitative estimate of drug-likeness (QED) is 0.351. The molecular formula is C25H27ClN2O7S. The Morgan fingerprint density at radius 1 is 1.11 bits per heavy atom. The van der Waals surface area contributed by atoms with Crippen LogP contribution in [0.4, 0.5) is 5.69 Å². The number of ketones is 1. The zero-order chi connectivity index (χ0) is 26.2. The molecule has 2 aromatic rings. The molecular weight excluding hydrogens is 508 g/mol. The fourth-order valence-electron chi connectivity index (χ4n) is 3.75. The monoisotopic (exact) mass is 534 g/mol. The summed E-state index contributed by atoms with van der Waals surface area (Å²) < 4.78 is 15.8. The van der Waals surface area contributed by atoms with Crippen molar-refractivity contribution in [2.75, 3.05) is 32.7 Å². The van der Waals surface area contributed by atoms with Gasteiger partial charge in [0.1, 0.15) is 6.42 Å². The maximum absolute atomic E-state index is 13.1. The fraction of sp³-hybridized carbons (Fsp3) is 0.360. The minimum atomic E-state index is -0.794. The average Bonchev–Trinajstić information content (AvgIpc) is 2.98. The zero-order valence-electron chi connectivity index (χ0n) is 20.1. The van der Waals surface area contributed by atoms with Crippen LogP contribution < -0.4 is 20.1 Å². The summed E-state index contributed by atoms with van der Waals surface area (Å²) in [4.78, 5) is 49.1. The number of nitrogens with one attached hydrogen (secondary N) is 2. The fourth-order valence-corrected chi connectivity index (χ4v) is 5.36. The van der Waals surface area contributed by atoms with E-state index in [0.717, 1.165) is 11.1 Å². The summed E-state index contributed by atoms with van der Waals surface area (Å²) >= 11 is 7.56. The number of methoxy groups -OCH3 is 2. The lowest BCUT2D eigenvalue weighted by Gasteiger charge is -2.23. The van der Waals surface area contributed by atoms with Crippen molar-refractivity contribution in [2.45, 2.75) is 30.3 Å². The molecule has 1 heterocycles. The number of carbonyl (C=O) groups is 4. The molecule has 0 aromatic heterocycles. The Morgan fingerprint density at radius 3 is 2.58 bits per heavy atom. The summed E-state index contributed by atoms with van der Waals surface area (Å²) in [5, 5.41) is 4.64. The van der Waals surface area contributed by atoms with E-state index in [4.69, 9.17) is 25.8 Å². The number of benzene rings is 2. The maximum atomic E-state index is 13.1. The number of para-hydroxylation sites is 1. The van der Waals surface area contributed by atoms with Gasteiger partial charge in [0.05, 0.1) is 37.9 Å². The van der Waals surface area contributed by atoms with Crippen LogP contribution in [0.1, 0.15) is 36.1 Å². The number of amides is 2. The van der Waals surface area contributed by atoms with Gasteiger partial charge >= 0.3 is 5.97 Å². The van der Waals surface area contributed by atoms with Crippen molar-refractivity contribution in [2.24, 2.45) is 0 Å². The van der Waals surface area contributed by atoms with Crippen LogP contribution in [0.2, 0.25) is 5.02 Å². The van der Waals surface area contributed by atoms with E-state index in [1.54, 1.807) is 31.2 Å². The van der Waals surface area contributed by atoms with Gasteiger partial charge in [-0.2, -0.15) is 0 Å². The molecule has 36 heavy (non-hydrogen) atoms. The summed E-state index contributed by atoms with van der Waals surface area (Å²) in [6.45, 7) is 1.47. The number of anilines is 1. The van der Waals surface area contributed by atoms with Gasteiger partial charge in [0, 0.05) is 22.7 Å². The topological polar surface area (TPSA) is 120 Å². The smallest absolute Gasteiger partial charge is 0.313 e. The van der Waals surface area contributed by atoms with E-state index in [9.17, 15) is 19.2 Å². The van der Waals surface area contributed by atoms with E-state index in [1.807, 2.05) is 12.1 Å². The molecule has 0 saturated heterocycles. The molecule has 0 fully saturated rings. The molecule has 3 rings (SSSR count). The van der Waals surface area contributed by atoms with Crippen LogP contribution in [-0.4, -0.2) is 56.2 Å². The molecule has 2 aromatic carbocycles. The number of Topliss-reactive ketones (excluding diaryl/α,β-unsaturated/α-hetero) is 1. The van der Waals surface area contributed by atoms with Gasteiger partial charge in [-0.25, -0.2) is 0 Å². The highest BCUT2D eigenvalue weighted by Gasteiger charge is 2.35. The number of esters is 1.